The highest BCUT2D eigenvalue weighted by Gasteiger charge is 2.23. The van der Waals surface area contributed by atoms with Gasteiger partial charge in [0.15, 0.2) is 0 Å². The number of hydrogen-bond acceptors (Lipinski definition) is 2. The van der Waals surface area contributed by atoms with Gasteiger partial charge in [0.25, 0.3) is 0 Å². The molecule has 3 nitrogen and oxygen atoms in total. The third-order valence-corrected chi connectivity index (χ3v) is 4.74. The summed E-state index contributed by atoms with van der Waals surface area (Å²) < 4.78 is 3.37. The highest BCUT2D eigenvalue weighted by Crippen LogP contribution is 2.35. The van der Waals surface area contributed by atoms with Crippen molar-refractivity contribution in [2.24, 2.45) is 5.92 Å². The number of hydrogen-bond donors (Lipinski definition) is 1. The normalized spacial score (nSPS) is 23.9. The Morgan fingerprint density at radius 2 is 2.11 bits per heavy atom. The summed E-state index contributed by atoms with van der Waals surface area (Å²) in [6.07, 6.45) is 8.64. The predicted octanol–water partition coefficient (Wildman–Crippen LogP) is 3.83. The van der Waals surface area contributed by atoms with Crippen LogP contribution >= 0.6 is 15.9 Å². The van der Waals surface area contributed by atoms with Crippen molar-refractivity contribution >= 4 is 27.0 Å². The molecule has 1 fully saturated rings. The van der Waals surface area contributed by atoms with Crippen molar-refractivity contribution in [2.75, 3.05) is 6.61 Å². The molecule has 2 aromatic heterocycles. The molecule has 102 valence electrons. The SMILES string of the molecule is Cc1cn(C2CCC(CO)CC2)c2ncc(Br)cc12. The number of aliphatic hydroxyl groups is 1. The first-order valence-corrected chi connectivity index (χ1v) is 7.72. The monoisotopic (exact) mass is 322 g/mol. The molecule has 0 aliphatic heterocycles. The number of aryl methyl sites for hydroxylation is 1. The molecule has 0 bridgehead atoms. The van der Waals surface area contributed by atoms with Crippen molar-refractivity contribution in [3.63, 3.8) is 0 Å². The lowest BCUT2D eigenvalue weighted by molar-refractivity contribution is 0.170. The first-order chi connectivity index (χ1) is 9.19. The lowest BCUT2D eigenvalue weighted by atomic mass is 9.86. The maximum atomic E-state index is 9.23. The Kier molecular flexibility index (Phi) is 3.63. The molecule has 1 aliphatic carbocycles. The van der Waals surface area contributed by atoms with E-state index in [-0.39, 0.29) is 0 Å². The number of aromatic nitrogens is 2. The van der Waals surface area contributed by atoms with Crippen molar-refractivity contribution in [2.45, 2.75) is 38.6 Å². The zero-order valence-corrected chi connectivity index (χ0v) is 12.7. The maximum absolute atomic E-state index is 9.23. The van der Waals surface area contributed by atoms with E-state index >= 15 is 0 Å². The van der Waals surface area contributed by atoms with Gasteiger partial charge >= 0.3 is 0 Å². The van der Waals surface area contributed by atoms with E-state index in [0.29, 0.717) is 18.6 Å². The van der Waals surface area contributed by atoms with Crippen LogP contribution in [0.4, 0.5) is 0 Å². The molecule has 0 unspecified atom stereocenters. The summed E-state index contributed by atoms with van der Waals surface area (Å²) in [6, 6.07) is 2.68. The Labute approximate surface area is 121 Å². The largest absolute Gasteiger partial charge is 0.396 e. The van der Waals surface area contributed by atoms with Gasteiger partial charge in [0.05, 0.1) is 0 Å². The summed E-state index contributed by atoms with van der Waals surface area (Å²) >= 11 is 3.49. The second-order valence-corrected chi connectivity index (χ2v) is 6.52. The van der Waals surface area contributed by atoms with Crippen LogP contribution in [0.2, 0.25) is 0 Å². The summed E-state index contributed by atoms with van der Waals surface area (Å²) in [5.74, 6) is 0.501. The van der Waals surface area contributed by atoms with Gasteiger partial charge in [-0.25, -0.2) is 4.98 Å². The van der Waals surface area contributed by atoms with Crippen LogP contribution in [-0.2, 0) is 0 Å². The molecule has 0 aromatic carbocycles. The summed E-state index contributed by atoms with van der Waals surface area (Å²) in [6.45, 7) is 2.48. The summed E-state index contributed by atoms with van der Waals surface area (Å²) in [7, 11) is 0. The highest BCUT2D eigenvalue weighted by molar-refractivity contribution is 9.10. The molecule has 1 N–H and O–H groups in total. The van der Waals surface area contributed by atoms with E-state index in [1.807, 2.05) is 6.20 Å². The van der Waals surface area contributed by atoms with Gasteiger partial charge in [-0.15, -0.1) is 0 Å². The quantitative estimate of drug-likeness (QED) is 0.912. The standard InChI is InChI=1S/C15H19BrN2O/c1-10-8-18(13-4-2-11(9-19)3-5-13)15-14(10)6-12(16)7-17-15/h6-8,11,13,19H,2-5,9H2,1H3. The van der Waals surface area contributed by atoms with Gasteiger partial charge in [-0.1, -0.05) is 0 Å². The van der Waals surface area contributed by atoms with Gasteiger partial charge in [0.1, 0.15) is 5.65 Å². The Morgan fingerprint density at radius 3 is 2.79 bits per heavy atom. The van der Waals surface area contributed by atoms with E-state index in [4.69, 9.17) is 0 Å². The molecule has 0 atom stereocenters. The van der Waals surface area contributed by atoms with Crippen LogP contribution in [0.3, 0.4) is 0 Å². The Balaban J connectivity index is 1.93. The molecule has 2 heterocycles. The molecule has 1 aliphatic rings. The number of pyridine rings is 1. The molecule has 1 saturated carbocycles. The number of rotatable bonds is 2. The van der Waals surface area contributed by atoms with Crippen LogP contribution < -0.4 is 0 Å². The lowest BCUT2D eigenvalue weighted by Crippen LogP contribution is -2.19. The summed E-state index contributed by atoms with van der Waals surface area (Å²) in [4.78, 5) is 4.58. The Hall–Kier alpha value is -0.870. The van der Waals surface area contributed by atoms with E-state index < -0.39 is 0 Å². The molecule has 4 heteroatoms. The molecule has 0 amide bonds. The molecule has 19 heavy (non-hydrogen) atoms. The number of halogens is 1. The van der Waals surface area contributed by atoms with E-state index in [2.05, 4.69) is 44.7 Å². The minimum Gasteiger partial charge on any atom is -0.396 e. The minimum absolute atomic E-state index is 0.337. The van der Waals surface area contributed by atoms with E-state index in [9.17, 15) is 5.11 Å². The molecular weight excluding hydrogens is 304 g/mol. The van der Waals surface area contributed by atoms with Crippen molar-refractivity contribution in [1.82, 2.24) is 9.55 Å². The third kappa shape index (κ3) is 2.43. The van der Waals surface area contributed by atoms with Crippen LogP contribution in [0, 0.1) is 12.8 Å². The fourth-order valence-electron chi connectivity index (χ4n) is 3.15. The number of nitrogens with zero attached hydrogens (tertiary/aromatic N) is 2. The van der Waals surface area contributed by atoms with Crippen molar-refractivity contribution in [3.05, 3.63) is 28.5 Å². The maximum Gasteiger partial charge on any atom is 0.140 e. The van der Waals surface area contributed by atoms with Crippen molar-refractivity contribution in [3.8, 4) is 0 Å². The first kappa shape index (κ1) is 13.1. The fourth-order valence-corrected chi connectivity index (χ4v) is 3.48. The highest BCUT2D eigenvalue weighted by atomic mass is 79.9. The summed E-state index contributed by atoms with van der Waals surface area (Å²) in [5, 5.41) is 10.5. The van der Waals surface area contributed by atoms with E-state index in [1.54, 1.807) is 0 Å². The first-order valence-electron chi connectivity index (χ1n) is 6.92. The molecular formula is C15H19BrN2O. The van der Waals surface area contributed by atoms with E-state index in [0.717, 1.165) is 35.8 Å². The van der Waals surface area contributed by atoms with Gasteiger partial charge in [-0.2, -0.15) is 0 Å². The van der Waals surface area contributed by atoms with Crippen LogP contribution in [0.25, 0.3) is 11.0 Å². The lowest BCUT2D eigenvalue weighted by Gasteiger charge is -2.28. The van der Waals surface area contributed by atoms with Gasteiger partial charge in [0, 0.05) is 34.9 Å². The third-order valence-electron chi connectivity index (χ3n) is 4.30. The Morgan fingerprint density at radius 1 is 1.37 bits per heavy atom. The molecule has 0 spiro atoms. The molecule has 0 saturated heterocycles. The molecule has 2 aromatic rings. The van der Waals surface area contributed by atoms with Gasteiger partial charge in [-0.3, -0.25) is 0 Å². The smallest absolute Gasteiger partial charge is 0.140 e. The average molecular weight is 323 g/mol. The molecule has 3 rings (SSSR count). The fraction of sp³-hybridized carbons (Fsp3) is 0.533. The second-order valence-electron chi connectivity index (χ2n) is 5.60. The van der Waals surface area contributed by atoms with Gasteiger partial charge < -0.3 is 9.67 Å². The van der Waals surface area contributed by atoms with Gasteiger partial charge in [0.2, 0.25) is 0 Å². The predicted molar refractivity (Wildman–Crippen MR) is 80.3 cm³/mol. The van der Waals surface area contributed by atoms with Crippen LogP contribution in [0.1, 0.15) is 37.3 Å². The van der Waals surface area contributed by atoms with Crippen LogP contribution in [0.5, 0.6) is 0 Å². The van der Waals surface area contributed by atoms with E-state index in [1.165, 1.54) is 10.9 Å². The second kappa shape index (κ2) is 5.25. The average Bonchev–Trinajstić information content (AvgIpc) is 2.76. The molecule has 0 radical (unpaired) electrons. The zero-order chi connectivity index (χ0) is 13.4. The van der Waals surface area contributed by atoms with Crippen molar-refractivity contribution < 1.29 is 5.11 Å². The summed E-state index contributed by atoms with van der Waals surface area (Å²) in [5.41, 5.74) is 2.38. The van der Waals surface area contributed by atoms with Crippen LogP contribution in [0.15, 0.2) is 22.9 Å². The van der Waals surface area contributed by atoms with Crippen LogP contribution in [-0.4, -0.2) is 21.3 Å². The topological polar surface area (TPSA) is 38.0 Å². The number of aliphatic hydroxyl groups excluding tert-OH is 1. The number of fused-ring (bicyclic) bond motifs is 1. The Bertz CT molecular complexity index is 585. The minimum atomic E-state index is 0.337. The zero-order valence-electron chi connectivity index (χ0n) is 11.1. The van der Waals surface area contributed by atoms with Crippen molar-refractivity contribution in [1.29, 1.82) is 0 Å². The van der Waals surface area contributed by atoms with Gasteiger partial charge in [-0.05, 0) is 66.1 Å².